The molecule has 4 nitrogen and oxygen atoms in total. The maximum absolute atomic E-state index is 13.7. The van der Waals surface area contributed by atoms with E-state index in [9.17, 15) is 14.0 Å². The van der Waals surface area contributed by atoms with Crippen LogP contribution in [0.25, 0.3) is 0 Å². The number of thiophene rings is 1. The highest BCUT2D eigenvalue weighted by Crippen LogP contribution is 2.31. The van der Waals surface area contributed by atoms with Crippen molar-refractivity contribution in [1.29, 1.82) is 0 Å². The Labute approximate surface area is 202 Å². The summed E-state index contributed by atoms with van der Waals surface area (Å²) in [4.78, 5) is 28.8. The van der Waals surface area contributed by atoms with Crippen molar-refractivity contribution in [3.05, 3.63) is 87.3 Å². The Bertz CT molecular complexity index is 1080. The number of anilines is 1. The Balaban J connectivity index is 1.74. The number of amides is 2. The first-order valence-electron chi connectivity index (χ1n) is 11.2. The summed E-state index contributed by atoms with van der Waals surface area (Å²) in [7, 11) is 0. The molecule has 33 heavy (non-hydrogen) atoms. The molecule has 7 heteroatoms. The van der Waals surface area contributed by atoms with Gasteiger partial charge in [-0.3, -0.25) is 14.5 Å². The number of nitrogens with one attached hydrogen (secondary N) is 1. The molecule has 1 saturated carbocycles. The van der Waals surface area contributed by atoms with Crippen molar-refractivity contribution in [1.82, 2.24) is 5.32 Å². The first-order valence-corrected chi connectivity index (χ1v) is 12.5. The highest BCUT2D eigenvalue weighted by molar-refractivity contribution is 7.08. The predicted octanol–water partition coefficient (Wildman–Crippen LogP) is 6.31. The molecule has 172 valence electrons. The topological polar surface area (TPSA) is 49.4 Å². The largest absolute Gasteiger partial charge is 0.351 e. The van der Waals surface area contributed by atoms with Gasteiger partial charge in [-0.25, -0.2) is 4.39 Å². The lowest BCUT2D eigenvalue weighted by Gasteiger charge is -2.33. The zero-order valence-electron chi connectivity index (χ0n) is 18.2. The Hall–Kier alpha value is -2.70. The van der Waals surface area contributed by atoms with Crippen molar-refractivity contribution < 1.29 is 14.0 Å². The van der Waals surface area contributed by atoms with Gasteiger partial charge < -0.3 is 5.32 Å². The molecule has 0 bridgehead atoms. The molecule has 1 atom stereocenters. The molecule has 1 N–H and O–H groups in total. The molecule has 0 spiro atoms. The van der Waals surface area contributed by atoms with Gasteiger partial charge in [0, 0.05) is 16.8 Å². The number of halogens is 2. The molecule has 4 rings (SSSR count). The number of rotatable bonds is 7. The molecule has 1 aliphatic carbocycles. The lowest BCUT2D eigenvalue weighted by Crippen LogP contribution is -2.47. The van der Waals surface area contributed by atoms with Crippen molar-refractivity contribution in [2.75, 3.05) is 4.90 Å². The minimum Gasteiger partial charge on any atom is -0.351 e. The summed E-state index contributed by atoms with van der Waals surface area (Å²) in [5.74, 6) is -0.903. The summed E-state index contributed by atoms with van der Waals surface area (Å²) in [6.45, 7) is 0. The molecule has 1 fully saturated rings. The second kappa shape index (κ2) is 10.9. The van der Waals surface area contributed by atoms with E-state index in [0.29, 0.717) is 16.3 Å². The molecule has 1 heterocycles. The molecule has 1 unspecified atom stereocenters. The van der Waals surface area contributed by atoms with Gasteiger partial charge in [0.2, 0.25) is 11.8 Å². The first-order chi connectivity index (χ1) is 16.0. The van der Waals surface area contributed by atoms with Gasteiger partial charge in [0.05, 0.1) is 6.42 Å². The highest BCUT2D eigenvalue weighted by atomic mass is 35.5. The van der Waals surface area contributed by atoms with E-state index < -0.39 is 11.9 Å². The molecule has 2 amide bonds. The Kier molecular flexibility index (Phi) is 7.78. The number of nitrogens with zero attached hydrogens (tertiary/aromatic N) is 1. The van der Waals surface area contributed by atoms with Gasteiger partial charge in [0.25, 0.3) is 0 Å². The summed E-state index contributed by atoms with van der Waals surface area (Å²) in [6, 6.07) is 13.7. The number of carbonyl (C=O) groups excluding carboxylic acids is 2. The molecular formula is C26H26ClFN2O2S. The minimum atomic E-state index is -0.947. The fraction of sp³-hybridized carbons (Fsp3) is 0.308. The van der Waals surface area contributed by atoms with Crippen LogP contribution in [-0.2, 0) is 16.0 Å². The Morgan fingerprint density at radius 2 is 1.85 bits per heavy atom. The molecule has 3 aromatic rings. The van der Waals surface area contributed by atoms with Gasteiger partial charge in [-0.15, -0.1) is 0 Å². The van der Waals surface area contributed by atoms with Gasteiger partial charge in [0.15, 0.2) is 0 Å². The SMILES string of the molecule is O=C(NC1CCCCC1)C(c1ccc(F)cc1)N(C(=O)Cc1ccsc1)c1cccc(Cl)c1. The van der Waals surface area contributed by atoms with E-state index in [1.807, 2.05) is 16.8 Å². The van der Waals surface area contributed by atoms with Gasteiger partial charge in [-0.2, -0.15) is 11.3 Å². The second-order valence-electron chi connectivity index (χ2n) is 8.35. The van der Waals surface area contributed by atoms with Crippen molar-refractivity contribution in [3.63, 3.8) is 0 Å². The zero-order chi connectivity index (χ0) is 23.2. The fourth-order valence-corrected chi connectivity index (χ4v) is 5.16. The van der Waals surface area contributed by atoms with Crippen LogP contribution in [0.2, 0.25) is 5.02 Å². The van der Waals surface area contributed by atoms with Crippen LogP contribution >= 0.6 is 22.9 Å². The van der Waals surface area contributed by atoms with E-state index in [4.69, 9.17) is 11.6 Å². The van der Waals surface area contributed by atoms with Crippen LogP contribution in [0.3, 0.4) is 0 Å². The van der Waals surface area contributed by atoms with Crippen molar-refractivity contribution in [2.45, 2.75) is 50.6 Å². The van der Waals surface area contributed by atoms with Crippen molar-refractivity contribution in [3.8, 4) is 0 Å². The van der Waals surface area contributed by atoms with E-state index in [2.05, 4.69) is 5.32 Å². The van der Waals surface area contributed by atoms with Crippen LogP contribution in [0.5, 0.6) is 0 Å². The summed E-state index contributed by atoms with van der Waals surface area (Å²) >= 11 is 7.77. The number of hydrogen-bond acceptors (Lipinski definition) is 3. The fourth-order valence-electron chi connectivity index (χ4n) is 4.31. The average molecular weight is 485 g/mol. The van der Waals surface area contributed by atoms with Gasteiger partial charge in [-0.05, 0) is 71.1 Å². The van der Waals surface area contributed by atoms with Gasteiger partial charge in [-0.1, -0.05) is 49.1 Å². The van der Waals surface area contributed by atoms with Gasteiger partial charge in [0.1, 0.15) is 11.9 Å². The smallest absolute Gasteiger partial charge is 0.248 e. The molecule has 2 aromatic carbocycles. The summed E-state index contributed by atoms with van der Waals surface area (Å²) in [5, 5.41) is 7.45. The van der Waals surface area contributed by atoms with Gasteiger partial charge >= 0.3 is 0 Å². The van der Waals surface area contributed by atoms with Crippen molar-refractivity contribution >= 4 is 40.4 Å². The Morgan fingerprint density at radius 3 is 2.52 bits per heavy atom. The van der Waals surface area contributed by atoms with E-state index in [1.54, 1.807) is 36.4 Å². The normalized spacial score (nSPS) is 15.1. The standard InChI is InChI=1S/C26H26ClFN2O2S/c27-20-5-4-8-23(16-20)30(24(31)15-18-13-14-33-17-18)25(19-9-11-21(28)12-10-19)26(32)29-22-6-2-1-3-7-22/h4-5,8-14,16-17,22,25H,1-3,6-7,15H2,(H,29,32). The summed E-state index contributed by atoms with van der Waals surface area (Å²) in [5.41, 5.74) is 1.95. The van der Waals surface area contributed by atoms with Crippen LogP contribution in [0.1, 0.15) is 49.3 Å². The highest BCUT2D eigenvalue weighted by Gasteiger charge is 2.34. The molecular weight excluding hydrogens is 459 g/mol. The predicted molar refractivity (Wildman–Crippen MR) is 131 cm³/mol. The van der Waals surface area contributed by atoms with Crippen LogP contribution < -0.4 is 10.2 Å². The maximum atomic E-state index is 13.7. The van der Waals surface area contributed by atoms with E-state index in [-0.39, 0.29) is 24.3 Å². The third-order valence-electron chi connectivity index (χ3n) is 5.93. The first kappa shape index (κ1) is 23.5. The molecule has 0 radical (unpaired) electrons. The van der Waals surface area contributed by atoms with Crippen LogP contribution in [0.4, 0.5) is 10.1 Å². The lowest BCUT2D eigenvalue weighted by molar-refractivity contribution is -0.127. The average Bonchev–Trinajstić information content (AvgIpc) is 3.31. The number of hydrogen-bond donors (Lipinski definition) is 1. The van der Waals surface area contributed by atoms with Crippen LogP contribution in [0.15, 0.2) is 65.4 Å². The third-order valence-corrected chi connectivity index (χ3v) is 6.90. The molecule has 1 aromatic heterocycles. The van der Waals surface area contributed by atoms with E-state index >= 15 is 0 Å². The zero-order valence-corrected chi connectivity index (χ0v) is 19.7. The third kappa shape index (κ3) is 6.01. The number of benzene rings is 2. The van der Waals surface area contributed by atoms with Crippen molar-refractivity contribution in [2.24, 2.45) is 0 Å². The van der Waals surface area contributed by atoms with Crippen LogP contribution in [0, 0.1) is 5.82 Å². The number of carbonyl (C=O) groups is 2. The Morgan fingerprint density at radius 1 is 1.09 bits per heavy atom. The second-order valence-corrected chi connectivity index (χ2v) is 9.57. The quantitative estimate of drug-likeness (QED) is 0.427. The summed E-state index contributed by atoms with van der Waals surface area (Å²) in [6.07, 6.45) is 5.29. The molecule has 0 saturated heterocycles. The maximum Gasteiger partial charge on any atom is 0.248 e. The minimum absolute atomic E-state index is 0.0717. The molecule has 1 aliphatic rings. The summed E-state index contributed by atoms with van der Waals surface area (Å²) < 4.78 is 13.7. The van der Waals surface area contributed by atoms with E-state index in [0.717, 1.165) is 31.2 Å². The molecule has 0 aliphatic heterocycles. The lowest BCUT2D eigenvalue weighted by atomic mass is 9.94. The van der Waals surface area contributed by atoms with E-state index in [1.165, 1.54) is 34.8 Å². The monoisotopic (exact) mass is 484 g/mol. The van der Waals surface area contributed by atoms with Crippen LogP contribution in [-0.4, -0.2) is 17.9 Å².